The molecule has 0 aliphatic heterocycles. The molecule has 0 aromatic heterocycles. The average molecular weight is 416 g/mol. The maximum atomic E-state index is 6.06. The highest BCUT2D eigenvalue weighted by Gasteiger charge is 2.05. The Bertz CT molecular complexity index is 1080. The molecule has 0 atom stereocenters. The predicted octanol–water partition coefficient (Wildman–Crippen LogP) is 7.32. The summed E-state index contributed by atoms with van der Waals surface area (Å²) in [6, 6.07) is 33.4. The lowest BCUT2D eigenvalue weighted by Gasteiger charge is -2.13. The topological polar surface area (TPSA) is 30.5 Å². The Kier molecular flexibility index (Phi) is 6.53. The molecule has 0 heterocycles. The van der Waals surface area contributed by atoms with Gasteiger partial charge in [0.1, 0.15) is 23.9 Å². The van der Waals surface area contributed by atoms with Gasteiger partial charge in [0.2, 0.25) is 0 Å². The van der Waals surface area contributed by atoms with E-state index in [2.05, 4.69) is 11.4 Å². The number of benzene rings is 4. The van der Waals surface area contributed by atoms with E-state index in [4.69, 9.17) is 21.1 Å². The van der Waals surface area contributed by atoms with E-state index >= 15 is 0 Å². The smallest absolute Gasteiger partial charge is 0.127 e. The highest BCUT2D eigenvalue weighted by molar-refractivity contribution is 6.30. The van der Waals surface area contributed by atoms with Gasteiger partial charge in [-0.05, 0) is 60.2 Å². The van der Waals surface area contributed by atoms with Gasteiger partial charge in [0, 0.05) is 22.8 Å². The Morgan fingerprint density at radius 3 is 2.23 bits per heavy atom. The molecular formula is C26H22ClNO2. The monoisotopic (exact) mass is 415 g/mol. The molecule has 4 heteroatoms. The third kappa shape index (κ3) is 5.56. The number of hydrogen-bond donors (Lipinski definition) is 1. The first-order valence-corrected chi connectivity index (χ1v) is 10.2. The van der Waals surface area contributed by atoms with Gasteiger partial charge in [0.15, 0.2) is 0 Å². The predicted molar refractivity (Wildman–Crippen MR) is 123 cm³/mol. The lowest BCUT2D eigenvalue weighted by atomic mass is 10.2. The minimum absolute atomic E-state index is 0.475. The molecule has 3 nitrogen and oxygen atoms in total. The summed E-state index contributed by atoms with van der Waals surface area (Å²) in [4.78, 5) is 0. The van der Waals surface area contributed by atoms with Gasteiger partial charge in [-0.25, -0.2) is 0 Å². The SMILES string of the molecule is Clc1cccc(COc2ccccc2CNc2ccc(Oc3ccccc3)cc2)c1. The number of hydrogen-bond acceptors (Lipinski definition) is 3. The van der Waals surface area contributed by atoms with Crippen molar-refractivity contribution < 1.29 is 9.47 Å². The third-order valence-corrected chi connectivity index (χ3v) is 4.81. The molecule has 0 saturated carbocycles. The zero-order chi connectivity index (χ0) is 20.6. The summed E-state index contributed by atoms with van der Waals surface area (Å²) in [6.45, 7) is 1.13. The van der Waals surface area contributed by atoms with E-state index in [0.29, 0.717) is 18.2 Å². The van der Waals surface area contributed by atoms with E-state index in [-0.39, 0.29) is 0 Å². The molecule has 4 aromatic carbocycles. The van der Waals surface area contributed by atoms with Crippen molar-refractivity contribution in [3.8, 4) is 17.2 Å². The fourth-order valence-corrected chi connectivity index (χ4v) is 3.25. The summed E-state index contributed by atoms with van der Waals surface area (Å²) in [6.07, 6.45) is 0. The van der Waals surface area contributed by atoms with Crippen molar-refractivity contribution in [1.29, 1.82) is 0 Å². The molecular weight excluding hydrogens is 394 g/mol. The molecule has 0 bridgehead atoms. The van der Waals surface area contributed by atoms with Crippen LogP contribution < -0.4 is 14.8 Å². The quantitative estimate of drug-likeness (QED) is 0.327. The molecule has 1 N–H and O–H groups in total. The molecule has 0 aliphatic rings. The maximum Gasteiger partial charge on any atom is 0.127 e. The normalized spacial score (nSPS) is 10.4. The Morgan fingerprint density at radius 2 is 1.43 bits per heavy atom. The van der Waals surface area contributed by atoms with Gasteiger partial charge < -0.3 is 14.8 Å². The van der Waals surface area contributed by atoms with E-state index in [9.17, 15) is 0 Å². The molecule has 0 unspecified atom stereocenters. The van der Waals surface area contributed by atoms with E-state index < -0.39 is 0 Å². The van der Waals surface area contributed by atoms with E-state index in [1.54, 1.807) is 0 Å². The van der Waals surface area contributed by atoms with Crippen LogP contribution in [0, 0.1) is 0 Å². The van der Waals surface area contributed by atoms with Gasteiger partial charge in [0.25, 0.3) is 0 Å². The summed E-state index contributed by atoms with van der Waals surface area (Å²) in [7, 11) is 0. The number of para-hydroxylation sites is 2. The molecule has 0 saturated heterocycles. The largest absolute Gasteiger partial charge is 0.489 e. The number of anilines is 1. The molecule has 0 radical (unpaired) electrons. The van der Waals surface area contributed by atoms with Crippen LogP contribution in [0.25, 0.3) is 0 Å². The van der Waals surface area contributed by atoms with Gasteiger partial charge in [-0.15, -0.1) is 0 Å². The van der Waals surface area contributed by atoms with Gasteiger partial charge in [-0.2, -0.15) is 0 Å². The fourth-order valence-electron chi connectivity index (χ4n) is 3.04. The third-order valence-electron chi connectivity index (χ3n) is 4.57. The number of ether oxygens (including phenoxy) is 2. The van der Waals surface area contributed by atoms with Crippen LogP contribution in [-0.2, 0) is 13.2 Å². The average Bonchev–Trinajstić information content (AvgIpc) is 2.78. The highest BCUT2D eigenvalue weighted by atomic mass is 35.5. The number of nitrogens with one attached hydrogen (secondary N) is 1. The van der Waals surface area contributed by atoms with Crippen molar-refractivity contribution in [2.75, 3.05) is 5.32 Å². The molecule has 30 heavy (non-hydrogen) atoms. The first kappa shape index (κ1) is 19.9. The van der Waals surface area contributed by atoms with Crippen LogP contribution in [0.2, 0.25) is 5.02 Å². The molecule has 4 rings (SSSR count). The fraction of sp³-hybridized carbons (Fsp3) is 0.0769. The van der Waals surface area contributed by atoms with Crippen LogP contribution in [0.3, 0.4) is 0 Å². The molecule has 4 aromatic rings. The van der Waals surface area contributed by atoms with Crippen LogP contribution in [0.15, 0.2) is 103 Å². The summed E-state index contributed by atoms with van der Waals surface area (Å²) in [5.74, 6) is 2.48. The lowest BCUT2D eigenvalue weighted by Crippen LogP contribution is -2.03. The van der Waals surface area contributed by atoms with E-state index in [1.165, 1.54) is 0 Å². The number of halogens is 1. The van der Waals surface area contributed by atoms with Crippen LogP contribution in [0.1, 0.15) is 11.1 Å². The van der Waals surface area contributed by atoms with Gasteiger partial charge in [-0.3, -0.25) is 0 Å². The van der Waals surface area contributed by atoms with Gasteiger partial charge in [-0.1, -0.05) is 60.1 Å². The first-order valence-electron chi connectivity index (χ1n) is 9.78. The molecule has 0 spiro atoms. The zero-order valence-corrected chi connectivity index (χ0v) is 17.2. The number of rotatable bonds is 8. The second-order valence-corrected chi connectivity index (χ2v) is 7.26. The van der Waals surface area contributed by atoms with Crippen molar-refractivity contribution in [3.05, 3.63) is 119 Å². The van der Waals surface area contributed by atoms with Crippen molar-refractivity contribution in [2.24, 2.45) is 0 Å². The zero-order valence-electron chi connectivity index (χ0n) is 16.4. The van der Waals surface area contributed by atoms with Gasteiger partial charge in [0.05, 0.1) is 0 Å². The Labute approximate surface area is 181 Å². The molecule has 0 fully saturated rings. The van der Waals surface area contributed by atoms with Gasteiger partial charge >= 0.3 is 0 Å². The summed E-state index contributed by atoms with van der Waals surface area (Å²) < 4.78 is 11.9. The maximum absolute atomic E-state index is 6.06. The summed E-state index contributed by atoms with van der Waals surface area (Å²) in [5.41, 5.74) is 3.14. The van der Waals surface area contributed by atoms with E-state index in [0.717, 1.165) is 34.1 Å². The van der Waals surface area contributed by atoms with E-state index in [1.807, 2.05) is 97.1 Å². The Hall–Kier alpha value is -3.43. The standard InChI is InChI=1S/C26H22ClNO2/c27-22-9-6-7-20(17-22)19-29-26-12-5-4-8-21(26)18-28-23-13-15-25(16-14-23)30-24-10-2-1-3-11-24/h1-17,28H,18-19H2. The van der Waals surface area contributed by atoms with Crippen molar-refractivity contribution in [2.45, 2.75) is 13.2 Å². The Morgan fingerprint density at radius 1 is 0.700 bits per heavy atom. The van der Waals surface area contributed by atoms with Crippen LogP contribution in [0.5, 0.6) is 17.2 Å². The molecule has 0 aliphatic carbocycles. The molecule has 0 amide bonds. The molecule has 150 valence electrons. The second-order valence-electron chi connectivity index (χ2n) is 6.82. The summed E-state index contributed by atoms with van der Waals surface area (Å²) >= 11 is 6.06. The van der Waals surface area contributed by atoms with Crippen LogP contribution >= 0.6 is 11.6 Å². The van der Waals surface area contributed by atoms with Crippen molar-refractivity contribution >= 4 is 17.3 Å². The van der Waals surface area contributed by atoms with Crippen LogP contribution in [-0.4, -0.2) is 0 Å². The van der Waals surface area contributed by atoms with Crippen molar-refractivity contribution in [3.63, 3.8) is 0 Å². The Balaban J connectivity index is 1.35. The first-order chi connectivity index (χ1) is 14.8. The summed E-state index contributed by atoms with van der Waals surface area (Å²) in [5, 5.41) is 4.16. The highest BCUT2D eigenvalue weighted by Crippen LogP contribution is 2.24. The minimum atomic E-state index is 0.475. The lowest BCUT2D eigenvalue weighted by molar-refractivity contribution is 0.303. The van der Waals surface area contributed by atoms with Crippen molar-refractivity contribution in [1.82, 2.24) is 0 Å². The second kappa shape index (κ2) is 9.86. The van der Waals surface area contributed by atoms with Crippen LogP contribution in [0.4, 0.5) is 5.69 Å². The minimum Gasteiger partial charge on any atom is -0.489 e.